The summed E-state index contributed by atoms with van der Waals surface area (Å²) >= 11 is 1.56. The van der Waals surface area contributed by atoms with Crippen molar-refractivity contribution in [1.82, 2.24) is 14.9 Å². The third-order valence-electron chi connectivity index (χ3n) is 6.36. The van der Waals surface area contributed by atoms with E-state index in [0.29, 0.717) is 11.8 Å². The predicted octanol–water partition coefficient (Wildman–Crippen LogP) is 5.53. The molecule has 168 valence electrons. The normalized spacial score (nSPS) is 14.5. The van der Waals surface area contributed by atoms with Gasteiger partial charge in [0.2, 0.25) is 5.88 Å². The Balaban J connectivity index is 1.23. The number of nitrogens with zero attached hydrogens (tertiary/aromatic N) is 3. The highest BCUT2D eigenvalue weighted by Crippen LogP contribution is 2.37. The van der Waals surface area contributed by atoms with Gasteiger partial charge in [-0.05, 0) is 43.2 Å². The zero-order chi connectivity index (χ0) is 22.6. The average molecular weight is 458 g/mol. The lowest BCUT2D eigenvalue weighted by Gasteiger charge is -2.32. The highest BCUT2D eigenvalue weighted by atomic mass is 32.1. The second kappa shape index (κ2) is 9.71. The summed E-state index contributed by atoms with van der Waals surface area (Å²) in [6.45, 7) is 3.64. The number of likely N-dealkylation sites (tertiary alicyclic amines) is 1. The second-order valence-electron chi connectivity index (χ2n) is 8.68. The lowest BCUT2D eigenvalue weighted by molar-refractivity contribution is -0.134. The van der Waals surface area contributed by atoms with E-state index in [1.54, 1.807) is 11.3 Å². The fourth-order valence-corrected chi connectivity index (χ4v) is 5.36. The maximum atomic E-state index is 12.9. The Kier molecular flexibility index (Phi) is 6.35. The van der Waals surface area contributed by atoms with E-state index in [4.69, 9.17) is 4.74 Å². The van der Waals surface area contributed by atoms with Crippen molar-refractivity contribution in [3.05, 3.63) is 77.4 Å². The third kappa shape index (κ3) is 4.91. The van der Waals surface area contributed by atoms with E-state index in [1.807, 2.05) is 4.90 Å². The van der Waals surface area contributed by atoms with Gasteiger partial charge in [-0.3, -0.25) is 4.79 Å². The van der Waals surface area contributed by atoms with E-state index in [-0.39, 0.29) is 12.5 Å². The number of aryl methyl sites for hydroxylation is 1. The molecular formula is C27H27N3O2S. The molecule has 1 amide bonds. The molecule has 0 unspecified atom stereocenters. The number of hydrogen-bond donors (Lipinski definition) is 0. The van der Waals surface area contributed by atoms with Crippen LogP contribution in [0.25, 0.3) is 21.3 Å². The van der Waals surface area contributed by atoms with Crippen molar-refractivity contribution >= 4 is 27.5 Å². The third-order valence-corrected chi connectivity index (χ3v) is 7.25. The molecule has 0 spiro atoms. The number of amides is 1. The van der Waals surface area contributed by atoms with Crippen LogP contribution in [-0.2, 0) is 11.2 Å². The Labute approximate surface area is 198 Å². The minimum absolute atomic E-state index is 0.00134. The van der Waals surface area contributed by atoms with Crippen LogP contribution >= 0.6 is 11.3 Å². The molecule has 2 aromatic carbocycles. The number of aromatic nitrogens is 2. The van der Waals surface area contributed by atoms with E-state index >= 15 is 0 Å². The van der Waals surface area contributed by atoms with Gasteiger partial charge in [-0.25, -0.2) is 9.97 Å². The molecule has 0 saturated carbocycles. The van der Waals surface area contributed by atoms with Crippen molar-refractivity contribution < 1.29 is 9.53 Å². The quantitative estimate of drug-likeness (QED) is 0.382. The molecular weight excluding hydrogens is 430 g/mol. The summed E-state index contributed by atoms with van der Waals surface area (Å²) in [5.74, 6) is 1.12. The Bertz CT molecular complexity index is 1230. The first-order chi connectivity index (χ1) is 16.2. The summed E-state index contributed by atoms with van der Waals surface area (Å²) in [5, 5.41) is 2.96. The fraction of sp³-hybridized carbons (Fsp3) is 0.296. The van der Waals surface area contributed by atoms with Crippen molar-refractivity contribution in [3.63, 3.8) is 0 Å². The molecule has 1 aliphatic rings. The number of benzene rings is 2. The van der Waals surface area contributed by atoms with Gasteiger partial charge in [-0.1, -0.05) is 60.2 Å². The number of ether oxygens (including phenoxy) is 1. The number of fused-ring (bicyclic) bond motifs is 1. The summed E-state index contributed by atoms with van der Waals surface area (Å²) < 4.78 is 5.97. The smallest absolute Gasteiger partial charge is 0.260 e. The maximum absolute atomic E-state index is 12.9. The molecule has 4 aromatic rings. The van der Waals surface area contributed by atoms with Crippen molar-refractivity contribution in [2.75, 3.05) is 19.7 Å². The average Bonchev–Trinajstić information content (AvgIpc) is 3.29. The van der Waals surface area contributed by atoms with Gasteiger partial charge in [0, 0.05) is 24.0 Å². The molecule has 5 nitrogen and oxygen atoms in total. The molecule has 1 aliphatic heterocycles. The van der Waals surface area contributed by atoms with Crippen LogP contribution in [0, 0.1) is 12.8 Å². The molecule has 0 aliphatic carbocycles. The van der Waals surface area contributed by atoms with Gasteiger partial charge >= 0.3 is 0 Å². The maximum Gasteiger partial charge on any atom is 0.260 e. The molecule has 0 bridgehead atoms. The van der Waals surface area contributed by atoms with Crippen LogP contribution in [0.1, 0.15) is 24.0 Å². The van der Waals surface area contributed by atoms with Crippen LogP contribution in [0.4, 0.5) is 0 Å². The Morgan fingerprint density at radius 1 is 1.06 bits per heavy atom. The lowest BCUT2D eigenvalue weighted by Crippen LogP contribution is -2.41. The van der Waals surface area contributed by atoms with Crippen LogP contribution in [0.5, 0.6) is 5.88 Å². The number of carbonyl (C=O) groups excluding carboxylic acids is 1. The number of carbonyl (C=O) groups is 1. The molecule has 1 saturated heterocycles. The molecule has 33 heavy (non-hydrogen) atoms. The number of thiophene rings is 1. The number of piperidine rings is 1. The summed E-state index contributed by atoms with van der Waals surface area (Å²) in [6.07, 6.45) is 4.64. The molecule has 3 heterocycles. The number of rotatable bonds is 6. The Morgan fingerprint density at radius 3 is 2.58 bits per heavy atom. The monoisotopic (exact) mass is 457 g/mol. The van der Waals surface area contributed by atoms with Crippen LogP contribution < -0.4 is 4.74 Å². The minimum atomic E-state index is -0.00134. The molecule has 6 heteroatoms. The van der Waals surface area contributed by atoms with Gasteiger partial charge in [0.1, 0.15) is 11.2 Å². The highest BCUT2D eigenvalue weighted by Gasteiger charge is 2.24. The molecule has 2 aromatic heterocycles. The van der Waals surface area contributed by atoms with Gasteiger partial charge < -0.3 is 9.64 Å². The van der Waals surface area contributed by atoms with Crippen LogP contribution in [0.15, 0.2) is 66.3 Å². The topological polar surface area (TPSA) is 55.3 Å². The van der Waals surface area contributed by atoms with Crippen LogP contribution in [-0.4, -0.2) is 40.5 Å². The highest BCUT2D eigenvalue weighted by molar-refractivity contribution is 7.17. The van der Waals surface area contributed by atoms with Gasteiger partial charge in [-0.15, -0.1) is 11.3 Å². The lowest BCUT2D eigenvalue weighted by atomic mass is 9.90. The summed E-state index contributed by atoms with van der Waals surface area (Å²) in [7, 11) is 0. The molecule has 0 atom stereocenters. The molecule has 0 radical (unpaired) electrons. The van der Waals surface area contributed by atoms with Crippen LogP contribution in [0.2, 0.25) is 0 Å². The van der Waals surface area contributed by atoms with Crippen molar-refractivity contribution in [2.45, 2.75) is 26.2 Å². The van der Waals surface area contributed by atoms with E-state index in [0.717, 1.165) is 53.7 Å². The zero-order valence-corrected chi connectivity index (χ0v) is 19.6. The van der Waals surface area contributed by atoms with E-state index in [1.165, 1.54) is 17.5 Å². The van der Waals surface area contributed by atoms with Crippen molar-refractivity contribution in [3.8, 4) is 17.0 Å². The van der Waals surface area contributed by atoms with Gasteiger partial charge in [0.25, 0.3) is 5.91 Å². The van der Waals surface area contributed by atoms with Crippen molar-refractivity contribution in [1.29, 1.82) is 0 Å². The standard InChI is InChI=1S/C27H27N3O2S/c1-19-7-9-22(10-8-19)23-17-33-27-25(23)26(28-18-29-27)32-16-24(31)30-13-11-21(12-14-30)15-20-5-3-2-4-6-20/h2-10,17-18,21H,11-16H2,1H3. The molecule has 5 rings (SSSR count). The largest absolute Gasteiger partial charge is 0.467 e. The molecule has 0 N–H and O–H groups in total. The fourth-order valence-electron chi connectivity index (χ4n) is 4.46. The van der Waals surface area contributed by atoms with E-state index in [2.05, 4.69) is 76.9 Å². The van der Waals surface area contributed by atoms with Gasteiger partial charge in [0.15, 0.2) is 6.61 Å². The van der Waals surface area contributed by atoms with Crippen LogP contribution in [0.3, 0.4) is 0 Å². The zero-order valence-electron chi connectivity index (χ0n) is 18.7. The first-order valence-corrected chi connectivity index (χ1v) is 12.3. The van der Waals surface area contributed by atoms with Gasteiger partial charge in [-0.2, -0.15) is 0 Å². The van der Waals surface area contributed by atoms with E-state index < -0.39 is 0 Å². The second-order valence-corrected chi connectivity index (χ2v) is 9.54. The molecule has 1 fully saturated rings. The number of hydrogen-bond acceptors (Lipinski definition) is 5. The first kappa shape index (κ1) is 21.6. The SMILES string of the molecule is Cc1ccc(-c2csc3ncnc(OCC(=O)N4CCC(Cc5ccccc5)CC4)c23)cc1. The minimum Gasteiger partial charge on any atom is -0.467 e. The summed E-state index contributed by atoms with van der Waals surface area (Å²) in [6, 6.07) is 19.0. The summed E-state index contributed by atoms with van der Waals surface area (Å²) in [4.78, 5) is 24.4. The van der Waals surface area contributed by atoms with Crippen molar-refractivity contribution in [2.24, 2.45) is 5.92 Å². The Hall–Kier alpha value is -3.25. The summed E-state index contributed by atoms with van der Waals surface area (Å²) in [5.41, 5.74) is 4.72. The first-order valence-electron chi connectivity index (χ1n) is 11.4. The van der Waals surface area contributed by atoms with E-state index in [9.17, 15) is 4.79 Å². The Morgan fingerprint density at radius 2 is 1.82 bits per heavy atom. The predicted molar refractivity (Wildman–Crippen MR) is 133 cm³/mol. The van der Waals surface area contributed by atoms with Gasteiger partial charge in [0.05, 0.1) is 5.39 Å².